The molecular formula is C12H25N3O3. The number of hydrogen-bond acceptors (Lipinski definition) is 3. The lowest BCUT2D eigenvalue weighted by molar-refractivity contribution is -0.138. The molecule has 6 heteroatoms. The number of carboxylic acids is 1. The summed E-state index contributed by atoms with van der Waals surface area (Å²) in [5.74, 6) is -0.440. The minimum atomic E-state index is -0.828. The first kappa shape index (κ1) is 16.7. The van der Waals surface area contributed by atoms with Gasteiger partial charge in [-0.1, -0.05) is 13.8 Å². The molecule has 0 spiro atoms. The monoisotopic (exact) mass is 259 g/mol. The lowest BCUT2D eigenvalue weighted by atomic mass is 9.94. The van der Waals surface area contributed by atoms with Gasteiger partial charge in [-0.15, -0.1) is 0 Å². The fourth-order valence-corrected chi connectivity index (χ4v) is 1.76. The lowest BCUT2D eigenvalue weighted by Gasteiger charge is -2.18. The third-order valence-corrected chi connectivity index (χ3v) is 2.49. The van der Waals surface area contributed by atoms with Gasteiger partial charge in [0.05, 0.1) is 0 Å². The van der Waals surface area contributed by atoms with E-state index in [4.69, 9.17) is 10.8 Å². The molecule has 0 aromatic rings. The largest absolute Gasteiger partial charge is 0.481 e. The van der Waals surface area contributed by atoms with Crippen LogP contribution >= 0.6 is 0 Å². The van der Waals surface area contributed by atoms with Gasteiger partial charge in [-0.3, -0.25) is 4.79 Å². The first-order valence-corrected chi connectivity index (χ1v) is 6.39. The highest BCUT2D eigenvalue weighted by Gasteiger charge is 2.15. The van der Waals surface area contributed by atoms with E-state index >= 15 is 0 Å². The van der Waals surface area contributed by atoms with Crippen LogP contribution < -0.4 is 16.4 Å². The van der Waals surface area contributed by atoms with Gasteiger partial charge in [0.15, 0.2) is 0 Å². The van der Waals surface area contributed by atoms with Crippen LogP contribution in [-0.2, 0) is 4.79 Å². The minimum Gasteiger partial charge on any atom is -0.481 e. The number of carbonyl (C=O) groups excluding carboxylic acids is 1. The van der Waals surface area contributed by atoms with Gasteiger partial charge in [0.2, 0.25) is 0 Å². The van der Waals surface area contributed by atoms with E-state index in [2.05, 4.69) is 10.6 Å². The molecule has 18 heavy (non-hydrogen) atoms. The quantitative estimate of drug-likeness (QED) is 0.459. The van der Waals surface area contributed by atoms with Crippen LogP contribution in [-0.4, -0.2) is 36.7 Å². The van der Waals surface area contributed by atoms with E-state index in [1.807, 2.05) is 13.8 Å². The van der Waals surface area contributed by atoms with Crippen molar-refractivity contribution in [3.8, 4) is 0 Å². The van der Waals surface area contributed by atoms with Gasteiger partial charge in [0.1, 0.15) is 0 Å². The molecule has 5 N–H and O–H groups in total. The highest BCUT2D eigenvalue weighted by atomic mass is 16.4. The molecule has 0 heterocycles. The molecular weight excluding hydrogens is 234 g/mol. The number of nitrogens with one attached hydrogen (secondary N) is 2. The molecule has 1 unspecified atom stereocenters. The zero-order chi connectivity index (χ0) is 14.0. The van der Waals surface area contributed by atoms with Gasteiger partial charge < -0.3 is 21.5 Å². The molecule has 0 aliphatic heterocycles. The average Bonchev–Trinajstić information content (AvgIpc) is 2.25. The van der Waals surface area contributed by atoms with E-state index in [0.29, 0.717) is 25.6 Å². The van der Waals surface area contributed by atoms with E-state index in [9.17, 15) is 9.59 Å². The Morgan fingerprint density at radius 2 is 1.94 bits per heavy atom. The summed E-state index contributed by atoms with van der Waals surface area (Å²) in [6.45, 7) is 5.54. The Kier molecular flexibility index (Phi) is 9.00. The van der Waals surface area contributed by atoms with Gasteiger partial charge in [-0.05, 0) is 31.2 Å². The van der Waals surface area contributed by atoms with Crippen molar-refractivity contribution in [2.75, 3.05) is 19.6 Å². The first-order valence-electron chi connectivity index (χ1n) is 6.39. The summed E-state index contributed by atoms with van der Waals surface area (Å²) in [6, 6.07) is -0.261. The van der Waals surface area contributed by atoms with Gasteiger partial charge in [-0.25, -0.2) is 4.79 Å². The number of carboxylic acid groups (broad SMARTS) is 1. The van der Waals surface area contributed by atoms with Crippen LogP contribution in [0.15, 0.2) is 0 Å². The number of nitrogens with two attached hydrogens (primary N) is 1. The maximum absolute atomic E-state index is 11.4. The molecule has 1 atom stereocenters. The summed E-state index contributed by atoms with van der Waals surface area (Å²) in [5, 5.41) is 14.2. The molecule has 0 fully saturated rings. The molecule has 0 bridgehead atoms. The van der Waals surface area contributed by atoms with Crippen LogP contribution in [0.2, 0.25) is 0 Å². The predicted octanol–water partition coefficient (Wildman–Crippen LogP) is 0.771. The lowest BCUT2D eigenvalue weighted by Crippen LogP contribution is -2.39. The number of rotatable bonds is 9. The van der Waals surface area contributed by atoms with Crippen LogP contribution in [0.5, 0.6) is 0 Å². The number of carbonyl (C=O) groups is 2. The van der Waals surface area contributed by atoms with Crippen molar-refractivity contribution >= 4 is 12.0 Å². The summed E-state index contributed by atoms with van der Waals surface area (Å²) in [7, 11) is 0. The average molecular weight is 259 g/mol. The van der Waals surface area contributed by atoms with Crippen molar-refractivity contribution in [2.45, 2.75) is 33.1 Å². The number of amides is 2. The molecule has 0 radical (unpaired) electrons. The van der Waals surface area contributed by atoms with Gasteiger partial charge in [0.25, 0.3) is 0 Å². The van der Waals surface area contributed by atoms with Crippen molar-refractivity contribution < 1.29 is 14.7 Å². The summed E-state index contributed by atoms with van der Waals surface area (Å²) in [5.41, 5.74) is 5.31. The number of aliphatic carboxylic acids is 1. The van der Waals surface area contributed by atoms with E-state index in [-0.39, 0.29) is 18.4 Å². The van der Waals surface area contributed by atoms with Crippen LogP contribution in [0, 0.1) is 11.8 Å². The second-order valence-electron chi connectivity index (χ2n) is 4.87. The predicted molar refractivity (Wildman–Crippen MR) is 70.3 cm³/mol. The van der Waals surface area contributed by atoms with Crippen molar-refractivity contribution in [1.82, 2.24) is 10.6 Å². The van der Waals surface area contributed by atoms with Crippen LogP contribution in [0.25, 0.3) is 0 Å². The Labute approximate surface area is 108 Å². The molecule has 0 aromatic carbocycles. The van der Waals surface area contributed by atoms with Gasteiger partial charge in [-0.2, -0.15) is 0 Å². The summed E-state index contributed by atoms with van der Waals surface area (Å²) in [4.78, 5) is 22.1. The molecule has 2 amide bonds. The zero-order valence-corrected chi connectivity index (χ0v) is 11.2. The maximum atomic E-state index is 11.4. The first-order chi connectivity index (χ1) is 8.45. The third-order valence-electron chi connectivity index (χ3n) is 2.49. The normalized spacial score (nSPS) is 12.2. The van der Waals surface area contributed by atoms with Crippen LogP contribution in [0.3, 0.4) is 0 Å². The van der Waals surface area contributed by atoms with Crippen LogP contribution in [0.4, 0.5) is 4.79 Å². The molecule has 0 saturated carbocycles. The Morgan fingerprint density at radius 1 is 1.28 bits per heavy atom. The molecule has 0 aliphatic rings. The summed E-state index contributed by atoms with van der Waals surface area (Å²) in [6.07, 6.45) is 1.61. The minimum absolute atomic E-state index is 0.0252. The Bertz CT molecular complexity index is 257. The van der Waals surface area contributed by atoms with E-state index in [1.54, 1.807) is 0 Å². The number of hydrogen-bond donors (Lipinski definition) is 4. The fourth-order valence-electron chi connectivity index (χ4n) is 1.76. The smallest absolute Gasteiger partial charge is 0.314 e. The summed E-state index contributed by atoms with van der Waals surface area (Å²) >= 11 is 0. The molecule has 106 valence electrons. The van der Waals surface area contributed by atoms with Crippen molar-refractivity contribution in [3.05, 3.63) is 0 Å². The molecule has 0 rings (SSSR count). The molecule has 0 aromatic heterocycles. The highest BCUT2D eigenvalue weighted by Crippen LogP contribution is 2.14. The van der Waals surface area contributed by atoms with Crippen molar-refractivity contribution in [3.63, 3.8) is 0 Å². The van der Waals surface area contributed by atoms with E-state index in [1.165, 1.54) is 0 Å². The fraction of sp³-hybridized carbons (Fsp3) is 0.833. The van der Waals surface area contributed by atoms with Crippen molar-refractivity contribution in [1.29, 1.82) is 0 Å². The second-order valence-corrected chi connectivity index (χ2v) is 4.87. The van der Waals surface area contributed by atoms with Crippen molar-refractivity contribution in [2.24, 2.45) is 17.6 Å². The van der Waals surface area contributed by atoms with Gasteiger partial charge >= 0.3 is 12.0 Å². The maximum Gasteiger partial charge on any atom is 0.314 e. The standard InChI is InChI=1S/C12H25N3O3/c1-9(2)6-10(7-11(16)17)8-15-12(18)14-5-3-4-13/h9-10H,3-8,13H2,1-2H3,(H,16,17)(H2,14,15,18). The van der Waals surface area contributed by atoms with Gasteiger partial charge in [0, 0.05) is 19.5 Å². The number of urea groups is 1. The van der Waals surface area contributed by atoms with Crippen LogP contribution in [0.1, 0.15) is 33.1 Å². The third kappa shape index (κ3) is 9.89. The molecule has 0 saturated heterocycles. The Hall–Kier alpha value is -1.30. The van der Waals surface area contributed by atoms with E-state index in [0.717, 1.165) is 12.8 Å². The Balaban J connectivity index is 3.93. The SMILES string of the molecule is CC(C)CC(CNC(=O)NCCCN)CC(=O)O. The highest BCUT2D eigenvalue weighted by molar-refractivity contribution is 5.74. The second kappa shape index (κ2) is 9.70. The molecule has 6 nitrogen and oxygen atoms in total. The summed E-state index contributed by atoms with van der Waals surface area (Å²) < 4.78 is 0. The zero-order valence-electron chi connectivity index (χ0n) is 11.2. The Morgan fingerprint density at radius 3 is 2.44 bits per heavy atom. The van der Waals surface area contributed by atoms with E-state index < -0.39 is 5.97 Å². The molecule has 0 aliphatic carbocycles. The topological polar surface area (TPSA) is 104 Å².